The molecular weight excluding hydrogens is 278 g/mol. The van der Waals surface area contributed by atoms with E-state index in [4.69, 9.17) is 5.10 Å². The second-order valence-electron chi connectivity index (χ2n) is 6.48. The van der Waals surface area contributed by atoms with Crippen molar-refractivity contribution in [1.29, 1.82) is 0 Å². The van der Waals surface area contributed by atoms with Crippen LogP contribution in [0.3, 0.4) is 0 Å². The van der Waals surface area contributed by atoms with Gasteiger partial charge in [0.05, 0.1) is 5.69 Å². The molecule has 0 aliphatic heterocycles. The fourth-order valence-corrected chi connectivity index (χ4v) is 4.28. The Kier molecular flexibility index (Phi) is 7.11. The third-order valence-corrected chi connectivity index (χ3v) is 5.70. The van der Waals surface area contributed by atoms with Gasteiger partial charge in [-0.2, -0.15) is 16.9 Å². The molecule has 0 bridgehead atoms. The Morgan fingerprint density at radius 3 is 2.76 bits per heavy atom. The lowest BCUT2D eigenvalue weighted by Crippen LogP contribution is -2.34. The summed E-state index contributed by atoms with van der Waals surface area (Å²) in [5.74, 6) is 1.22. The molecule has 1 aliphatic rings. The first-order valence-electron chi connectivity index (χ1n) is 8.58. The molecule has 1 saturated carbocycles. The molecule has 0 saturated heterocycles. The number of nitrogens with zero attached hydrogens (tertiary/aromatic N) is 2. The zero-order valence-electron chi connectivity index (χ0n) is 13.8. The van der Waals surface area contributed by atoms with Gasteiger partial charge in [-0.3, -0.25) is 4.68 Å². The normalized spacial score (nSPS) is 17.7. The zero-order chi connectivity index (χ0) is 15.1. The van der Waals surface area contributed by atoms with Crippen molar-refractivity contribution in [3.8, 4) is 0 Å². The Hall–Kier alpha value is -0.480. The summed E-state index contributed by atoms with van der Waals surface area (Å²) in [6.45, 7) is 7.71. The SMILES string of the molecule is CCCNC(CSC1CCCC1)Cc1ccn(C(C)C)n1. The van der Waals surface area contributed by atoms with Crippen LogP contribution in [0.2, 0.25) is 0 Å². The number of hydrogen-bond donors (Lipinski definition) is 1. The Bertz CT molecular complexity index is 396. The molecular formula is C17H31N3S. The third kappa shape index (κ3) is 5.67. The van der Waals surface area contributed by atoms with Crippen LogP contribution in [0.25, 0.3) is 0 Å². The maximum atomic E-state index is 4.70. The van der Waals surface area contributed by atoms with Crippen LogP contribution in [-0.2, 0) is 6.42 Å². The molecule has 1 heterocycles. The average molecular weight is 310 g/mol. The molecule has 0 spiro atoms. The van der Waals surface area contributed by atoms with Gasteiger partial charge in [0.25, 0.3) is 0 Å². The van der Waals surface area contributed by atoms with E-state index in [2.05, 4.69) is 54.8 Å². The summed E-state index contributed by atoms with van der Waals surface area (Å²) in [5, 5.41) is 9.32. The van der Waals surface area contributed by atoms with Crippen LogP contribution in [0.5, 0.6) is 0 Å². The van der Waals surface area contributed by atoms with E-state index in [0.717, 1.165) is 18.2 Å². The fraction of sp³-hybridized carbons (Fsp3) is 0.824. The lowest BCUT2D eigenvalue weighted by molar-refractivity contribution is 0.508. The molecule has 1 unspecified atom stereocenters. The Morgan fingerprint density at radius 2 is 2.14 bits per heavy atom. The molecule has 0 radical (unpaired) electrons. The van der Waals surface area contributed by atoms with Gasteiger partial charge in [0, 0.05) is 35.7 Å². The highest BCUT2D eigenvalue weighted by Crippen LogP contribution is 2.30. The number of thioether (sulfide) groups is 1. The van der Waals surface area contributed by atoms with E-state index >= 15 is 0 Å². The Morgan fingerprint density at radius 1 is 1.38 bits per heavy atom. The molecule has 21 heavy (non-hydrogen) atoms. The highest BCUT2D eigenvalue weighted by atomic mass is 32.2. The number of aromatic nitrogens is 2. The molecule has 0 aromatic carbocycles. The van der Waals surface area contributed by atoms with E-state index in [-0.39, 0.29) is 0 Å². The largest absolute Gasteiger partial charge is 0.313 e. The number of rotatable bonds is 9. The highest BCUT2D eigenvalue weighted by Gasteiger charge is 2.18. The summed E-state index contributed by atoms with van der Waals surface area (Å²) in [6.07, 6.45) is 10.1. The van der Waals surface area contributed by atoms with Crippen molar-refractivity contribution in [3.63, 3.8) is 0 Å². The quantitative estimate of drug-likeness (QED) is 0.746. The van der Waals surface area contributed by atoms with Crippen molar-refractivity contribution in [1.82, 2.24) is 15.1 Å². The monoisotopic (exact) mass is 309 g/mol. The summed E-state index contributed by atoms with van der Waals surface area (Å²) >= 11 is 2.18. The maximum Gasteiger partial charge on any atom is 0.0640 e. The van der Waals surface area contributed by atoms with Crippen LogP contribution in [0.1, 0.15) is 64.6 Å². The van der Waals surface area contributed by atoms with Crippen molar-refractivity contribution in [3.05, 3.63) is 18.0 Å². The topological polar surface area (TPSA) is 29.9 Å². The summed E-state index contributed by atoms with van der Waals surface area (Å²) < 4.78 is 2.07. The van der Waals surface area contributed by atoms with Crippen molar-refractivity contribution >= 4 is 11.8 Å². The van der Waals surface area contributed by atoms with E-state index in [9.17, 15) is 0 Å². The lowest BCUT2D eigenvalue weighted by atomic mass is 10.2. The number of nitrogens with one attached hydrogen (secondary N) is 1. The first-order valence-corrected chi connectivity index (χ1v) is 9.63. The average Bonchev–Trinajstić information content (AvgIpc) is 3.13. The van der Waals surface area contributed by atoms with Gasteiger partial charge >= 0.3 is 0 Å². The van der Waals surface area contributed by atoms with Gasteiger partial charge in [-0.25, -0.2) is 0 Å². The molecule has 1 aliphatic carbocycles. The molecule has 0 amide bonds. The minimum Gasteiger partial charge on any atom is -0.313 e. The highest BCUT2D eigenvalue weighted by molar-refractivity contribution is 7.99. The van der Waals surface area contributed by atoms with Crippen molar-refractivity contribution in [2.45, 2.75) is 76.6 Å². The summed E-state index contributed by atoms with van der Waals surface area (Å²) in [4.78, 5) is 0. The van der Waals surface area contributed by atoms with Gasteiger partial charge in [0.1, 0.15) is 0 Å². The van der Waals surface area contributed by atoms with Crippen LogP contribution in [-0.4, -0.2) is 33.4 Å². The van der Waals surface area contributed by atoms with Gasteiger partial charge < -0.3 is 5.32 Å². The van der Waals surface area contributed by atoms with E-state index in [1.807, 2.05) is 0 Å². The Labute approximate surface area is 134 Å². The van der Waals surface area contributed by atoms with Crippen LogP contribution in [0, 0.1) is 0 Å². The maximum absolute atomic E-state index is 4.70. The molecule has 1 atom stereocenters. The molecule has 1 fully saturated rings. The van der Waals surface area contributed by atoms with Crippen molar-refractivity contribution < 1.29 is 0 Å². The first kappa shape index (κ1) is 16.9. The molecule has 2 rings (SSSR count). The van der Waals surface area contributed by atoms with Gasteiger partial charge in [-0.05, 0) is 45.7 Å². The summed E-state index contributed by atoms with van der Waals surface area (Å²) in [6, 6.07) is 3.20. The lowest BCUT2D eigenvalue weighted by Gasteiger charge is -2.19. The van der Waals surface area contributed by atoms with Crippen LogP contribution < -0.4 is 5.32 Å². The molecule has 3 nitrogen and oxygen atoms in total. The van der Waals surface area contributed by atoms with Crippen LogP contribution in [0.4, 0.5) is 0 Å². The van der Waals surface area contributed by atoms with Gasteiger partial charge in [-0.1, -0.05) is 19.8 Å². The minimum absolute atomic E-state index is 0.452. The second-order valence-corrected chi connectivity index (χ2v) is 7.81. The van der Waals surface area contributed by atoms with E-state index < -0.39 is 0 Å². The first-order chi connectivity index (χ1) is 10.2. The van der Waals surface area contributed by atoms with Gasteiger partial charge in [0.15, 0.2) is 0 Å². The zero-order valence-corrected chi connectivity index (χ0v) is 14.7. The van der Waals surface area contributed by atoms with E-state index in [1.165, 1.54) is 43.6 Å². The summed E-state index contributed by atoms with van der Waals surface area (Å²) in [5.41, 5.74) is 1.23. The Balaban J connectivity index is 1.84. The van der Waals surface area contributed by atoms with Crippen molar-refractivity contribution in [2.75, 3.05) is 12.3 Å². The molecule has 1 aromatic heterocycles. The van der Waals surface area contributed by atoms with Crippen LogP contribution in [0.15, 0.2) is 12.3 Å². The van der Waals surface area contributed by atoms with Gasteiger partial charge in [0.2, 0.25) is 0 Å². The summed E-state index contributed by atoms with van der Waals surface area (Å²) in [7, 11) is 0. The van der Waals surface area contributed by atoms with Crippen molar-refractivity contribution in [2.24, 2.45) is 0 Å². The van der Waals surface area contributed by atoms with Crippen LogP contribution >= 0.6 is 11.8 Å². The smallest absolute Gasteiger partial charge is 0.0640 e. The third-order valence-electron chi connectivity index (χ3n) is 4.17. The van der Waals surface area contributed by atoms with E-state index in [0.29, 0.717) is 12.1 Å². The fourth-order valence-electron chi connectivity index (χ4n) is 2.87. The second kappa shape index (κ2) is 8.84. The predicted molar refractivity (Wildman–Crippen MR) is 93.1 cm³/mol. The minimum atomic E-state index is 0.452. The predicted octanol–water partition coefficient (Wildman–Crippen LogP) is 4.05. The van der Waals surface area contributed by atoms with Gasteiger partial charge in [-0.15, -0.1) is 0 Å². The molecule has 1 N–H and O–H groups in total. The molecule has 1 aromatic rings. The van der Waals surface area contributed by atoms with E-state index in [1.54, 1.807) is 0 Å². The number of hydrogen-bond acceptors (Lipinski definition) is 3. The molecule has 120 valence electrons. The standard InChI is InChI=1S/C17H31N3S/c1-4-10-18-16(13-21-17-7-5-6-8-17)12-15-9-11-20(19-15)14(2)3/h9,11,14,16-18H,4-8,10,12-13H2,1-3H3. The molecule has 4 heteroatoms.